The van der Waals surface area contributed by atoms with Crippen molar-refractivity contribution in [1.29, 1.82) is 0 Å². The van der Waals surface area contributed by atoms with E-state index in [9.17, 15) is 9.70 Å². The number of hydrogen-bond acceptors (Lipinski definition) is 3. The van der Waals surface area contributed by atoms with Gasteiger partial charge in [-0.15, -0.1) is 0 Å². The topological polar surface area (TPSA) is 62.3 Å². The molecule has 1 heterocycles. The van der Waals surface area contributed by atoms with E-state index in [1.54, 1.807) is 6.92 Å². The average Bonchev–Trinajstić information content (AvgIpc) is 2.89. The predicted octanol–water partition coefficient (Wildman–Crippen LogP) is 3.62. The molecule has 4 heteroatoms. The molecule has 1 atom stereocenters. The molecule has 0 spiro atoms. The Bertz CT molecular complexity index is 419. The van der Waals surface area contributed by atoms with Crippen LogP contribution in [0.4, 0.5) is 0 Å². The van der Waals surface area contributed by atoms with Crippen molar-refractivity contribution >= 4 is 5.78 Å². The fourth-order valence-corrected chi connectivity index (χ4v) is 3.45. The highest BCUT2D eigenvalue weighted by Crippen LogP contribution is 2.44. The van der Waals surface area contributed by atoms with Gasteiger partial charge in [0.25, 0.3) is 0 Å². The lowest BCUT2D eigenvalue weighted by atomic mass is 9.65. The highest BCUT2D eigenvalue weighted by Gasteiger charge is 2.41. The van der Waals surface area contributed by atoms with Crippen LogP contribution in [-0.4, -0.2) is 16.8 Å². The third-order valence-electron chi connectivity index (χ3n) is 4.36. The molecule has 4 nitrogen and oxygen atoms in total. The molecule has 19 heavy (non-hydrogen) atoms. The van der Waals surface area contributed by atoms with E-state index in [-0.39, 0.29) is 17.2 Å². The number of carbonyl (C=O) groups is 1. The molecule has 0 amide bonds. The normalized spacial score (nSPS) is 19.8. The Morgan fingerprint density at radius 3 is 2.68 bits per heavy atom. The fourth-order valence-electron chi connectivity index (χ4n) is 3.45. The van der Waals surface area contributed by atoms with Crippen molar-refractivity contribution in [1.82, 2.24) is 4.98 Å². The summed E-state index contributed by atoms with van der Waals surface area (Å²) < 4.78 is 0. The molecule has 1 aromatic rings. The van der Waals surface area contributed by atoms with Gasteiger partial charge in [0.15, 0.2) is 0 Å². The third kappa shape index (κ3) is 3.31. The van der Waals surface area contributed by atoms with Gasteiger partial charge in [-0.05, 0) is 31.9 Å². The molecule has 104 valence electrons. The number of rotatable bonds is 6. The summed E-state index contributed by atoms with van der Waals surface area (Å²) in [5.41, 5.74) is 0.815. The maximum absolute atomic E-state index is 11.6. The highest BCUT2D eigenvalue weighted by molar-refractivity contribution is 5.76. The summed E-state index contributed by atoms with van der Waals surface area (Å²) in [6, 6.07) is 3.61. The Balaban J connectivity index is 2.18. The standard InChI is InChI=1S/C15H22N2O2/c1-12(18)11-15(7-3-2-4-8-15)14(17-19)10-13-6-5-9-16-13/h5-6,9,14,16H,2-4,7-8,10-11H2,1H3. The first-order valence-corrected chi connectivity index (χ1v) is 7.10. The molecule has 0 radical (unpaired) electrons. The Morgan fingerprint density at radius 1 is 1.42 bits per heavy atom. The molecule has 2 rings (SSSR count). The van der Waals surface area contributed by atoms with E-state index < -0.39 is 0 Å². The summed E-state index contributed by atoms with van der Waals surface area (Å²) in [5, 5.41) is 3.39. The van der Waals surface area contributed by atoms with Crippen LogP contribution in [0, 0.1) is 10.3 Å². The number of hydrogen-bond donors (Lipinski definition) is 1. The molecule has 0 saturated heterocycles. The lowest BCUT2D eigenvalue weighted by Gasteiger charge is -2.39. The SMILES string of the molecule is CC(=O)CC1(C(Cc2ccc[nH]2)N=O)CCCCC1. The van der Waals surface area contributed by atoms with E-state index in [1.165, 1.54) is 6.42 Å². The summed E-state index contributed by atoms with van der Waals surface area (Å²) in [7, 11) is 0. The second kappa shape index (κ2) is 6.13. The maximum atomic E-state index is 11.6. The van der Waals surface area contributed by atoms with Crippen LogP contribution in [0.15, 0.2) is 23.5 Å². The van der Waals surface area contributed by atoms with E-state index in [1.807, 2.05) is 18.3 Å². The summed E-state index contributed by atoms with van der Waals surface area (Å²) >= 11 is 0. The van der Waals surface area contributed by atoms with Gasteiger partial charge in [-0.1, -0.05) is 24.4 Å². The number of H-pyrrole nitrogens is 1. The maximum Gasteiger partial charge on any atom is 0.130 e. The number of carbonyl (C=O) groups excluding carboxylic acids is 1. The van der Waals surface area contributed by atoms with Crippen molar-refractivity contribution in [2.75, 3.05) is 0 Å². The summed E-state index contributed by atoms with van der Waals surface area (Å²) in [4.78, 5) is 26.1. The zero-order valence-electron chi connectivity index (χ0n) is 11.5. The van der Waals surface area contributed by atoms with E-state index >= 15 is 0 Å². The van der Waals surface area contributed by atoms with Crippen molar-refractivity contribution in [3.05, 3.63) is 28.9 Å². The number of nitroso groups, excluding NO2 is 1. The van der Waals surface area contributed by atoms with Crippen molar-refractivity contribution in [2.24, 2.45) is 10.6 Å². The Kier molecular flexibility index (Phi) is 4.51. The summed E-state index contributed by atoms with van der Waals surface area (Å²) in [6.07, 6.45) is 8.26. The molecule has 1 aliphatic carbocycles. The number of nitrogens with zero attached hydrogens (tertiary/aromatic N) is 1. The Hall–Kier alpha value is -1.45. The zero-order chi connectivity index (χ0) is 13.7. The lowest BCUT2D eigenvalue weighted by molar-refractivity contribution is -0.120. The first kappa shape index (κ1) is 14.0. The van der Waals surface area contributed by atoms with Gasteiger partial charge >= 0.3 is 0 Å². The largest absolute Gasteiger partial charge is 0.365 e. The smallest absolute Gasteiger partial charge is 0.130 e. The van der Waals surface area contributed by atoms with Crippen molar-refractivity contribution in [3.63, 3.8) is 0 Å². The van der Waals surface area contributed by atoms with Crippen LogP contribution in [0.3, 0.4) is 0 Å². The molecular formula is C15H22N2O2. The molecule has 1 fully saturated rings. The number of Topliss-reactive ketones (excluding diaryl/α,β-unsaturated/α-hetero) is 1. The molecule has 0 bridgehead atoms. The molecule has 1 N–H and O–H groups in total. The van der Waals surface area contributed by atoms with Gasteiger partial charge in [0.2, 0.25) is 0 Å². The lowest BCUT2D eigenvalue weighted by Crippen LogP contribution is -2.39. The van der Waals surface area contributed by atoms with Gasteiger partial charge in [-0.3, -0.25) is 0 Å². The van der Waals surface area contributed by atoms with Gasteiger partial charge in [-0.25, -0.2) is 0 Å². The van der Waals surface area contributed by atoms with Crippen LogP contribution in [-0.2, 0) is 11.2 Å². The molecule has 1 saturated carbocycles. The first-order valence-electron chi connectivity index (χ1n) is 7.10. The van der Waals surface area contributed by atoms with Gasteiger partial charge < -0.3 is 9.78 Å². The first-order chi connectivity index (χ1) is 9.16. The Morgan fingerprint density at radius 2 is 2.16 bits per heavy atom. The molecular weight excluding hydrogens is 240 g/mol. The average molecular weight is 262 g/mol. The molecule has 1 aromatic heterocycles. The molecule has 0 aliphatic heterocycles. The monoisotopic (exact) mass is 262 g/mol. The number of aromatic amines is 1. The van der Waals surface area contributed by atoms with Crippen molar-refractivity contribution in [3.8, 4) is 0 Å². The van der Waals surface area contributed by atoms with Crippen molar-refractivity contribution in [2.45, 2.75) is 57.9 Å². The second-order valence-electron chi connectivity index (χ2n) is 5.82. The van der Waals surface area contributed by atoms with E-state index in [2.05, 4.69) is 10.2 Å². The number of aromatic nitrogens is 1. The quantitative estimate of drug-likeness (QED) is 0.796. The minimum Gasteiger partial charge on any atom is -0.365 e. The third-order valence-corrected chi connectivity index (χ3v) is 4.36. The molecule has 0 aromatic carbocycles. The second-order valence-corrected chi connectivity index (χ2v) is 5.82. The van der Waals surface area contributed by atoms with Crippen LogP contribution >= 0.6 is 0 Å². The van der Waals surface area contributed by atoms with Crippen molar-refractivity contribution < 1.29 is 4.79 Å². The van der Waals surface area contributed by atoms with E-state index in [0.717, 1.165) is 31.4 Å². The Labute approximate surface area is 114 Å². The number of nitrogens with one attached hydrogen (secondary N) is 1. The predicted molar refractivity (Wildman–Crippen MR) is 74.9 cm³/mol. The summed E-state index contributed by atoms with van der Waals surface area (Å²) in [6.45, 7) is 1.62. The van der Waals surface area contributed by atoms with Crippen LogP contribution < -0.4 is 0 Å². The minimum absolute atomic E-state index is 0.169. The van der Waals surface area contributed by atoms with Gasteiger partial charge in [-0.2, -0.15) is 4.91 Å². The van der Waals surface area contributed by atoms with Crippen LogP contribution in [0.2, 0.25) is 0 Å². The molecule has 1 aliphatic rings. The van der Waals surface area contributed by atoms with Crippen LogP contribution in [0.5, 0.6) is 0 Å². The minimum atomic E-state index is -0.296. The zero-order valence-corrected chi connectivity index (χ0v) is 11.5. The van der Waals surface area contributed by atoms with E-state index in [4.69, 9.17) is 0 Å². The van der Waals surface area contributed by atoms with Crippen LogP contribution in [0.25, 0.3) is 0 Å². The number of ketones is 1. The molecule has 1 unspecified atom stereocenters. The van der Waals surface area contributed by atoms with Gasteiger partial charge in [0.1, 0.15) is 11.8 Å². The summed E-state index contributed by atoms with van der Waals surface area (Å²) in [5.74, 6) is 0.169. The fraction of sp³-hybridized carbons (Fsp3) is 0.667. The van der Waals surface area contributed by atoms with Crippen LogP contribution in [0.1, 0.15) is 51.1 Å². The van der Waals surface area contributed by atoms with Gasteiger partial charge in [0.05, 0.1) is 0 Å². The van der Waals surface area contributed by atoms with Gasteiger partial charge in [0, 0.05) is 30.1 Å². The highest BCUT2D eigenvalue weighted by atomic mass is 16.3. The van der Waals surface area contributed by atoms with E-state index in [0.29, 0.717) is 12.8 Å².